The highest BCUT2D eigenvalue weighted by Gasteiger charge is 2.12. The lowest BCUT2D eigenvalue weighted by Gasteiger charge is -2.07. The molecule has 6 heteroatoms. The molecule has 102 valence electrons. The van der Waals surface area contributed by atoms with Crippen molar-refractivity contribution >= 4 is 22.7 Å². The lowest BCUT2D eigenvalue weighted by Crippen LogP contribution is -2.01. The number of pyridine rings is 1. The summed E-state index contributed by atoms with van der Waals surface area (Å²) in [6.45, 7) is 3.05. The molecule has 3 aromatic heterocycles. The minimum Gasteiger partial charge on any atom is -0.384 e. The molecule has 0 aromatic carbocycles. The van der Waals surface area contributed by atoms with E-state index in [0.717, 1.165) is 40.9 Å². The van der Waals surface area contributed by atoms with E-state index in [1.807, 2.05) is 18.3 Å². The van der Waals surface area contributed by atoms with E-state index in [-0.39, 0.29) is 5.95 Å². The van der Waals surface area contributed by atoms with Gasteiger partial charge in [0.15, 0.2) is 0 Å². The molecule has 0 bridgehead atoms. The van der Waals surface area contributed by atoms with Crippen molar-refractivity contribution in [3.05, 3.63) is 30.7 Å². The predicted molar refractivity (Wildman–Crippen MR) is 80.3 cm³/mol. The van der Waals surface area contributed by atoms with Crippen molar-refractivity contribution in [2.24, 2.45) is 0 Å². The molecule has 0 saturated heterocycles. The number of aromatic amines is 1. The summed E-state index contributed by atoms with van der Waals surface area (Å²) in [6, 6.07) is 3.81. The van der Waals surface area contributed by atoms with Crippen molar-refractivity contribution in [1.29, 1.82) is 0 Å². The third kappa shape index (κ3) is 2.16. The second-order valence-corrected chi connectivity index (χ2v) is 4.51. The zero-order valence-electron chi connectivity index (χ0n) is 11.2. The van der Waals surface area contributed by atoms with Gasteiger partial charge in [0.05, 0.1) is 11.1 Å². The Kier molecular flexibility index (Phi) is 3.20. The van der Waals surface area contributed by atoms with Crippen LogP contribution in [0.4, 0.5) is 11.6 Å². The Bertz CT molecular complexity index is 733. The van der Waals surface area contributed by atoms with Gasteiger partial charge in [-0.1, -0.05) is 6.92 Å². The zero-order valence-corrected chi connectivity index (χ0v) is 11.2. The standard InChI is InChI=1S/C14H16N6/c1-2-5-16-11-4-6-17-13-12(11)9(8-19-13)10-3-7-18-14(15)20-10/h3-4,6-8H,2,5H2,1H3,(H2,15,18,20)(H2,16,17,19). The van der Waals surface area contributed by atoms with Crippen LogP contribution in [0, 0.1) is 0 Å². The van der Waals surface area contributed by atoms with Gasteiger partial charge in [0.1, 0.15) is 5.65 Å². The highest BCUT2D eigenvalue weighted by molar-refractivity contribution is 6.01. The molecule has 3 rings (SSSR count). The fourth-order valence-corrected chi connectivity index (χ4v) is 2.19. The van der Waals surface area contributed by atoms with Crippen LogP contribution in [0.15, 0.2) is 30.7 Å². The first kappa shape index (κ1) is 12.4. The molecule has 0 amide bonds. The average molecular weight is 268 g/mol. The minimum atomic E-state index is 0.267. The van der Waals surface area contributed by atoms with Crippen molar-refractivity contribution in [3.63, 3.8) is 0 Å². The van der Waals surface area contributed by atoms with Crippen molar-refractivity contribution in [3.8, 4) is 11.3 Å². The number of nitrogens with two attached hydrogens (primary N) is 1. The first-order valence-corrected chi connectivity index (χ1v) is 6.58. The van der Waals surface area contributed by atoms with E-state index in [0.29, 0.717) is 0 Å². The molecule has 0 radical (unpaired) electrons. The highest BCUT2D eigenvalue weighted by Crippen LogP contribution is 2.31. The first-order valence-electron chi connectivity index (χ1n) is 6.58. The molecule has 0 unspecified atom stereocenters. The molecule has 0 saturated carbocycles. The molecule has 3 aromatic rings. The summed E-state index contributed by atoms with van der Waals surface area (Å²) >= 11 is 0. The molecule has 0 aliphatic rings. The highest BCUT2D eigenvalue weighted by atomic mass is 15.0. The average Bonchev–Trinajstić information content (AvgIpc) is 2.89. The number of anilines is 2. The monoisotopic (exact) mass is 268 g/mol. The van der Waals surface area contributed by atoms with Gasteiger partial charge in [-0.2, -0.15) is 0 Å². The third-order valence-electron chi connectivity index (χ3n) is 3.09. The Hall–Kier alpha value is -2.63. The van der Waals surface area contributed by atoms with Gasteiger partial charge >= 0.3 is 0 Å². The molecule has 3 heterocycles. The van der Waals surface area contributed by atoms with Gasteiger partial charge < -0.3 is 16.0 Å². The summed E-state index contributed by atoms with van der Waals surface area (Å²) in [5.74, 6) is 0.267. The van der Waals surface area contributed by atoms with Crippen LogP contribution in [0.1, 0.15) is 13.3 Å². The molecular weight excluding hydrogens is 252 g/mol. The van der Waals surface area contributed by atoms with Crippen LogP contribution < -0.4 is 11.1 Å². The molecule has 4 N–H and O–H groups in total. The van der Waals surface area contributed by atoms with Crippen molar-refractivity contribution < 1.29 is 0 Å². The quantitative estimate of drug-likeness (QED) is 0.675. The van der Waals surface area contributed by atoms with Gasteiger partial charge in [-0.3, -0.25) is 0 Å². The molecule has 6 nitrogen and oxygen atoms in total. The number of nitrogen functional groups attached to an aromatic ring is 1. The van der Waals surface area contributed by atoms with Crippen LogP contribution in [0.3, 0.4) is 0 Å². The fourth-order valence-electron chi connectivity index (χ4n) is 2.19. The van der Waals surface area contributed by atoms with Crippen LogP contribution in [0.25, 0.3) is 22.3 Å². The van der Waals surface area contributed by atoms with Gasteiger partial charge in [-0.25, -0.2) is 15.0 Å². The number of aromatic nitrogens is 4. The number of H-pyrrole nitrogens is 1. The molecule has 0 aliphatic heterocycles. The van der Waals surface area contributed by atoms with Gasteiger partial charge in [0.25, 0.3) is 0 Å². The maximum absolute atomic E-state index is 5.66. The number of hydrogen-bond acceptors (Lipinski definition) is 5. The number of fused-ring (bicyclic) bond motifs is 1. The topological polar surface area (TPSA) is 92.5 Å². The summed E-state index contributed by atoms with van der Waals surface area (Å²) in [6.07, 6.45) is 6.40. The van der Waals surface area contributed by atoms with E-state index in [2.05, 4.69) is 32.2 Å². The van der Waals surface area contributed by atoms with Crippen molar-refractivity contribution in [2.75, 3.05) is 17.6 Å². The summed E-state index contributed by atoms with van der Waals surface area (Å²) in [5, 5.41) is 4.44. The lowest BCUT2D eigenvalue weighted by atomic mass is 10.1. The summed E-state index contributed by atoms with van der Waals surface area (Å²) < 4.78 is 0. The van der Waals surface area contributed by atoms with Crippen LogP contribution >= 0.6 is 0 Å². The summed E-state index contributed by atoms with van der Waals surface area (Å²) in [7, 11) is 0. The van der Waals surface area contributed by atoms with Gasteiger partial charge in [-0.05, 0) is 18.6 Å². The SMILES string of the molecule is CCCNc1ccnc2[nH]cc(-c3ccnc(N)n3)c12. The maximum Gasteiger partial charge on any atom is 0.220 e. The van der Waals surface area contributed by atoms with E-state index in [4.69, 9.17) is 5.73 Å². The van der Waals surface area contributed by atoms with Crippen LogP contribution in [-0.4, -0.2) is 26.5 Å². The Morgan fingerprint density at radius 1 is 1.25 bits per heavy atom. The predicted octanol–water partition coefficient (Wildman–Crippen LogP) is 2.42. The van der Waals surface area contributed by atoms with Crippen LogP contribution in [0.5, 0.6) is 0 Å². The number of nitrogens with zero attached hydrogens (tertiary/aromatic N) is 3. The zero-order chi connectivity index (χ0) is 13.9. The Morgan fingerprint density at radius 3 is 2.90 bits per heavy atom. The third-order valence-corrected chi connectivity index (χ3v) is 3.09. The van der Waals surface area contributed by atoms with E-state index >= 15 is 0 Å². The number of rotatable bonds is 4. The molecule has 0 fully saturated rings. The van der Waals surface area contributed by atoms with Gasteiger partial charge in [-0.15, -0.1) is 0 Å². The van der Waals surface area contributed by atoms with Crippen LogP contribution in [0.2, 0.25) is 0 Å². The van der Waals surface area contributed by atoms with Gasteiger partial charge in [0.2, 0.25) is 5.95 Å². The second-order valence-electron chi connectivity index (χ2n) is 4.51. The second kappa shape index (κ2) is 5.16. The van der Waals surface area contributed by atoms with E-state index in [1.165, 1.54) is 0 Å². The number of hydrogen-bond donors (Lipinski definition) is 3. The normalized spacial score (nSPS) is 10.8. The van der Waals surface area contributed by atoms with E-state index < -0.39 is 0 Å². The molecule has 0 atom stereocenters. The van der Waals surface area contributed by atoms with Crippen molar-refractivity contribution in [1.82, 2.24) is 19.9 Å². The Balaban J connectivity index is 2.16. The Labute approximate surface area is 116 Å². The molecular formula is C14H16N6. The minimum absolute atomic E-state index is 0.267. The molecule has 20 heavy (non-hydrogen) atoms. The molecule has 0 spiro atoms. The maximum atomic E-state index is 5.66. The van der Waals surface area contributed by atoms with Gasteiger partial charge in [0, 0.05) is 36.4 Å². The molecule has 0 aliphatic carbocycles. The lowest BCUT2D eigenvalue weighted by molar-refractivity contribution is 0.981. The Morgan fingerprint density at radius 2 is 2.10 bits per heavy atom. The summed E-state index contributed by atoms with van der Waals surface area (Å²) in [5.41, 5.74) is 9.30. The van der Waals surface area contributed by atoms with Crippen molar-refractivity contribution in [2.45, 2.75) is 13.3 Å². The van der Waals surface area contributed by atoms with E-state index in [9.17, 15) is 0 Å². The first-order chi connectivity index (χ1) is 9.79. The smallest absolute Gasteiger partial charge is 0.220 e. The van der Waals surface area contributed by atoms with Crippen LogP contribution in [-0.2, 0) is 0 Å². The largest absolute Gasteiger partial charge is 0.384 e. The summed E-state index contributed by atoms with van der Waals surface area (Å²) in [4.78, 5) is 15.7. The van der Waals surface area contributed by atoms with E-state index in [1.54, 1.807) is 12.4 Å². The number of nitrogens with one attached hydrogen (secondary N) is 2. The fraction of sp³-hybridized carbons (Fsp3) is 0.214.